The fourth-order valence-electron chi connectivity index (χ4n) is 3.33. The van der Waals surface area contributed by atoms with Crippen LogP contribution in [0.1, 0.15) is 41.8 Å². The monoisotopic (exact) mass is 368 g/mol. The lowest BCUT2D eigenvalue weighted by Crippen LogP contribution is -2.34. The van der Waals surface area contributed by atoms with Crippen LogP contribution in [0.25, 0.3) is 10.2 Å². The maximum atomic E-state index is 13.0. The van der Waals surface area contributed by atoms with Crippen LogP contribution < -0.4 is 10.9 Å². The molecule has 0 spiro atoms. The Morgan fingerprint density at radius 3 is 2.73 bits per heavy atom. The highest BCUT2D eigenvalue weighted by Gasteiger charge is 2.24. The first-order valence-electron chi connectivity index (χ1n) is 8.82. The first-order valence-corrected chi connectivity index (χ1v) is 9.63. The number of rotatable bonds is 3. The summed E-state index contributed by atoms with van der Waals surface area (Å²) in [5, 5.41) is 11.7. The number of aromatic nitrogens is 3. The first-order chi connectivity index (χ1) is 12.5. The number of anilines is 1. The van der Waals surface area contributed by atoms with Crippen molar-refractivity contribution in [2.24, 2.45) is 0 Å². The second kappa shape index (κ2) is 6.64. The van der Waals surface area contributed by atoms with Gasteiger partial charge in [-0.05, 0) is 57.2 Å². The molecule has 6 nitrogen and oxygen atoms in total. The van der Waals surface area contributed by atoms with Gasteiger partial charge < -0.3 is 5.32 Å². The molecule has 0 unspecified atom stereocenters. The minimum atomic E-state index is -0.736. The van der Waals surface area contributed by atoms with Crippen molar-refractivity contribution in [3.8, 4) is 0 Å². The van der Waals surface area contributed by atoms with Crippen molar-refractivity contribution >= 4 is 33.1 Å². The van der Waals surface area contributed by atoms with Crippen LogP contribution in [0.15, 0.2) is 29.1 Å². The second-order valence-corrected chi connectivity index (χ2v) is 7.85. The van der Waals surface area contributed by atoms with E-state index in [1.54, 1.807) is 18.3 Å². The van der Waals surface area contributed by atoms with Crippen molar-refractivity contribution in [3.63, 3.8) is 0 Å². The fourth-order valence-corrected chi connectivity index (χ4v) is 4.53. The number of carbonyl (C=O) groups is 1. The number of hydrogen-bond donors (Lipinski definition) is 1. The number of nitrogens with zero attached hydrogens (tertiary/aromatic N) is 3. The Morgan fingerprint density at radius 1 is 1.23 bits per heavy atom. The van der Waals surface area contributed by atoms with E-state index in [-0.39, 0.29) is 11.5 Å². The summed E-state index contributed by atoms with van der Waals surface area (Å²) in [6, 6.07) is 6.80. The molecule has 0 bridgehead atoms. The van der Waals surface area contributed by atoms with Crippen LogP contribution in [0.5, 0.6) is 0 Å². The average molecular weight is 368 g/mol. The van der Waals surface area contributed by atoms with Crippen LogP contribution in [0.4, 0.5) is 5.69 Å². The fraction of sp³-hybridized carbons (Fsp3) is 0.368. The third-order valence-electron chi connectivity index (χ3n) is 4.87. The van der Waals surface area contributed by atoms with Crippen LogP contribution >= 0.6 is 11.3 Å². The summed E-state index contributed by atoms with van der Waals surface area (Å²) in [6.45, 7) is 3.66. The zero-order valence-electron chi connectivity index (χ0n) is 14.8. The summed E-state index contributed by atoms with van der Waals surface area (Å²) in [5.41, 5.74) is 2.70. The Hall–Kier alpha value is -2.54. The normalized spacial score (nSPS) is 14.8. The summed E-state index contributed by atoms with van der Waals surface area (Å²) in [7, 11) is 0. The van der Waals surface area contributed by atoms with Crippen LogP contribution in [0, 0.1) is 6.92 Å². The van der Waals surface area contributed by atoms with Gasteiger partial charge >= 0.3 is 0 Å². The van der Waals surface area contributed by atoms with Gasteiger partial charge in [-0.1, -0.05) is 22.9 Å². The highest BCUT2D eigenvalue weighted by atomic mass is 32.1. The van der Waals surface area contributed by atoms with Crippen molar-refractivity contribution in [1.29, 1.82) is 0 Å². The third-order valence-corrected chi connectivity index (χ3v) is 6.05. The molecule has 1 aliphatic rings. The first kappa shape index (κ1) is 16.9. The van der Waals surface area contributed by atoms with Gasteiger partial charge in [0.2, 0.25) is 5.91 Å². The molecule has 1 aromatic carbocycles. The molecule has 134 valence electrons. The molecule has 3 aromatic rings. The molecule has 0 saturated carbocycles. The number of nitrogens with one attached hydrogen (secondary N) is 1. The van der Waals surface area contributed by atoms with E-state index in [9.17, 15) is 9.59 Å². The van der Waals surface area contributed by atoms with E-state index in [1.807, 2.05) is 31.2 Å². The van der Waals surface area contributed by atoms with Crippen molar-refractivity contribution in [1.82, 2.24) is 15.0 Å². The van der Waals surface area contributed by atoms with Crippen molar-refractivity contribution < 1.29 is 4.79 Å². The minimum absolute atomic E-state index is 0.221. The Bertz CT molecular complexity index is 1040. The summed E-state index contributed by atoms with van der Waals surface area (Å²) in [4.78, 5) is 27.5. The summed E-state index contributed by atoms with van der Waals surface area (Å²) >= 11 is 1.56. The number of aryl methyl sites for hydroxylation is 3. The number of thiophene rings is 1. The van der Waals surface area contributed by atoms with Gasteiger partial charge in [-0.3, -0.25) is 9.59 Å². The lowest BCUT2D eigenvalue weighted by atomic mass is 9.97. The molecule has 0 aliphatic heterocycles. The number of fused-ring (bicyclic) bond motifs is 3. The molecular weight excluding hydrogens is 348 g/mol. The van der Waals surface area contributed by atoms with E-state index in [1.165, 1.54) is 9.56 Å². The molecule has 0 fully saturated rings. The van der Waals surface area contributed by atoms with E-state index >= 15 is 0 Å². The quantitative estimate of drug-likeness (QED) is 0.770. The van der Waals surface area contributed by atoms with Crippen LogP contribution in [-0.2, 0) is 17.6 Å². The van der Waals surface area contributed by atoms with Gasteiger partial charge in [-0.25, -0.2) is 0 Å². The van der Waals surface area contributed by atoms with E-state index in [0.29, 0.717) is 15.9 Å². The van der Waals surface area contributed by atoms with Crippen LogP contribution in [0.2, 0.25) is 0 Å². The SMILES string of the molecule is Cc1ccc(NC(=O)[C@H](C)n2nnc3sc4c(c3c2=O)CCCC4)cc1. The summed E-state index contributed by atoms with van der Waals surface area (Å²) in [5.74, 6) is -0.284. The molecule has 2 heterocycles. The van der Waals surface area contributed by atoms with Crippen molar-refractivity contribution in [2.45, 2.75) is 45.6 Å². The van der Waals surface area contributed by atoms with Gasteiger partial charge in [-0.2, -0.15) is 4.68 Å². The third kappa shape index (κ3) is 2.92. The van der Waals surface area contributed by atoms with E-state index in [2.05, 4.69) is 15.6 Å². The zero-order chi connectivity index (χ0) is 18.3. The molecule has 7 heteroatoms. The van der Waals surface area contributed by atoms with E-state index in [0.717, 1.165) is 36.8 Å². The van der Waals surface area contributed by atoms with Gasteiger partial charge in [-0.15, -0.1) is 16.4 Å². The molecule has 0 saturated heterocycles. The van der Waals surface area contributed by atoms with E-state index in [4.69, 9.17) is 0 Å². The molecular formula is C19H20N4O2S. The molecule has 2 aromatic heterocycles. The van der Waals surface area contributed by atoms with Gasteiger partial charge in [0.1, 0.15) is 6.04 Å². The largest absolute Gasteiger partial charge is 0.324 e. The van der Waals surface area contributed by atoms with Crippen LogP contribution in [0.3, 0.4) is 0 Å². The van der Waals surface area contributed by atoms with Crippen LogP contribution in [-0.4, -0.2) is 20.9 Å². The molecule has 1 aliphatic carbocycles. The van der Waals surface area contributed by atoms with Gasteiger partial charge in [0.25, 0.3) is 5.56 Å². The number of hydrogen-bond acceptors (Lipinski definition) is 5. The Kier molecular flexibility index (Phi) is 4.32. The maximum Gasteiger partial charge on any atom is 0.279 e. The standard InChI is InChI=1S/C19H20N4O2S/c1-11-7-9-13(10-8-11)20-17(24)12(2)23-19(25)16-14-5-3-4-6-15(14)26-18(16)21-22-23/h7-10,12H,3-6H2,1-2H3,(H,20,24)/t12-/m0/s1. The molecule has 1 N–H and O–H groups in total. The predicted octanol–water partition coefficient (Wildman–Crippen LogP) is 3.24. The maximum absolute atomic E-state index is 13.0. The van der Waals surface area contributed by atoms with E-state index < -0.39 is 6.04 Å². The number of benzene rings is 1. The smallest absolute Gasteiger partial charge is 0.279 e. The Morgan fingerprint density at radius 2 is 1.96 bits per heavy atom. The summed E-state index contributed by atoms with van der Waals surface area (Å²) in [6.07, 6.45) is 4.14. The molecule has 1 amide bonds. The van der Waals surface area contributed by atoms with Gasteiger partial charge in [0.15, 0.2) is 4.83 Å². The topological polar surface area (TPSA) is 76.9 Å². The number of amides is 1. The lowest BCUT2D eigenvalue weighted by molar-refractivity contribution is -0.119. The highest BCUT2D eigenvalue weighted by Crippen LogP contribution is 2.33. The number of carbonyl (C=O) groups excluding carboxylic acids is 1. The molecule has 0 radical (unpaired) electrons. The molecule has 1 atom stereocenters. The van der Waals surface area contributed by atoms with Gasteiger partial charge in [0.05, 0.1) is 5.39 Å². The minimum Gasteiger partial charge on any atom is -0.324 e. The van der Waals surface area contributed by atoms with Crippen molar-refractivity contribution in [2.75, 3.05) is 5.32 Å². The second-order valence-electron chi connectivity index (χ2n) is 6.76. The lowest BCUT2D eigenvalue weighted by Gasteiger charge is -2.14. The Labute approximate surface area is 154 Å². The molecule has 4 rings (SSSR count). The zero-order valence-corrected chi connectivity index (χ0v) is 15.6. The van der Waals surface area contributed by atoms with Gasteiger partial charge in [0, 0.05) is 10.6 Å². The predicted molar refractivity (Wildman–Crippen MR) is 103 cm³/mol. The highest BCUT2D eigenvalue weighted by molar-refractivity contribution is 7.18. The Balaban J connectivity index is 1.67. The molecule has 26 heavy (non-hydrogen) atoms. The van der Waals surface area contributed by atoms with Crippen molar-refractivity contribution in [3.05, 3.63) is 50.6 Å². The summed E-state index contributed by atoms with van der Waals surface area (Å²) < 4.78 is 1.20. The average Bonchev–Trinajstić information content (AvgIpc) is 3.02.